The number of para-hydroxylation sites is 1. The number of carbonyl (C=O) groups excluding carboxylic acids is 1. The third-order valence-electron chi connectivity index (χ3n) is 2.65. The van der Waals surface area contributed by atoms with Crippen molar-refractivity contribution in [1.82, 2.24) is 0 Å². The summed E-state index contributed by atoms with van der Waals surface area (Å²) >= 11 is 0. The number of benzene rings is 1. The number of anilines is 1. The van der Waals surface area contributed by atoms with Gasteiger partial charge in [-0.25, -0.2) is 0 Å². The zero-order chi connectivity index (χ0) is 11.4. The van der Waals surface area contributed by atoms with Gasteiger partial charge in [0.25, 0.3) is 0 Å². The lowest BCUT2D eigenvalue weighted by molar-refractivity contribution is -0.122. The van der Waals surface area contributed by atoms with Crippen LogP contribution in [-0.2, 0) is 4.79 Å². The number of nitrogens with two attached hydrogens (primary N) is 1. The minimum atomic E-state index is -0.157. The molecule has 1 rings (SSSR count). The van der Waals surface area contributed by atoms with Gasteiger partial charge in [-0.05, 0) is 19.1 Å². The summed E-state index contributed by atoms with van der Waals surface area (Å²) in [4.78, 5) is 13.6. The van der Waals surface area contributed by atoms with Crippen LogP contribution in [0.3, 0.4) is 0 Å². The number of rotatable bonds is 3. The van der Waals surface area contributed by atoms with Crippen molar-refractivity contribution >= 4 is 11.6 Å². The third kappa shape index (κ3) is 2.80. The van der Waals surface area contributed by atoms with Crippen LogP contribution in [0.4, 0.5) is 5.69 Å². The molecular formula is C12H18N2O. The molecule has 0 heterocycles. The molecular weight excluding hydrogens is 188 g/mol. The van der Waals surface area contributed by atoms with Crippen LogP contribution in [0, 0.1) is 5.92 Å². The first-order valence-electron chi connectivity index (χ1n) is 5.12. The van der Waals surface area contributed by atoms with E-state index in [0.717, 1.165) is 5.69 Å². The van der Waals surface area contributed by atoms with Crippen LogP contribution in [0.25, 0.3) is 0 Å². The van der Waals surface area contributed by atoms with Crippen LogP contribution in [-0.4, -0.2) is 19.0 Å². The molecule has 0 aliphatic rings. The summed E-state index contributed by atoms with van der Waals surface area (Å²) in [5, 5.41) is 0. The normalized spacial score (nSPS) is 14.4. The van der Waals surface area contributed by atoms with E-state index in [1.165, 1.54) is 0 Å². The van der Waals surface area contributed by atoms with E-state index in [1.54, 1.807) is 11.9 Å². The molecule has 0 aliphatic carbocycles. The first-order chi connectivity index (χ1) is 7.04. The molecule has 0 bridgehead atoms. The molecule has 1 amide bonds. The van der Waals surface area contributed by atoms with Gasteiger partial charge in [0.15, 0.2) is 0 Å². The topological polar surface area (TPSA) is 46.3 Å². The van der Waals surface area contributed by atoms with Gasteiger partial charge in [0.1, 0.15) is 0 Å². The molecule has 0 saturated heterocycles. The summed E-state index contributed by atoms with van der Waals surface area (Å²) in [7, 11) is 1.77. The van der Waals surface area contributed by atoms with Gasteiger partial charge in [0.2, 0.25) is 5.91 Å². The van der Waals surface area contributed by atoms with E-state index in [9.17, 15) is 4.79 Å². The van der Waals surface area contributed by atoms with Crippen LogP contribution in [0.2, 0.25) is 0 Å². The third-order valence-corrected chi connectivity index (χ3v) is 2.65. The van der Waals surface area contributed by atoms with Crippen LogP contribution in [0.1, 0.15) is 13.8 Å². The Morgan fingerprint density at radius 1 is 1.27 bits per heavy atom. The molecule has 3 heteroatoms. The molecule has 1 aromatic rings. The number of carbonyl (C=O) groups is 1. The molecule has 3 nitrogen and oxygen atoms in total. The predicted molar refractivity (Wildman–Crippen MR) is 62.7 cm³/mol. The molecule has 0 spiro atoms. The van der Waals surface area contributed by atoms with Crippen LogP contribution in [0.15, 0.2) is 30.3 Å². The highest BCUT2D eigenvalue weighted by atomic mass is 16.2. The van der Waals surface area contributed by atoms with Gasteiger partial charge in [-0.15, -0.1) is 0 Å². The highest BCUT2D eigenvalue weighted by molar-refractivity contribution is 5.94. The smallest absolute Gasteiger partial charge is 0.231 e. The van der Waals surface area contributed by atoms with Crippen LogP contribution in [0.5, 0.6) is 0 Å². The van der Waals surface area contributed by atoms with Gasteiger partial charge in [-0.3, -0.25) is 4.79 Å². The highest BCUT2D eigenvalue weighted by Crippen LogP contribution is 2.15. The maximum atomic E-state index is 11.9. The Morgan fingerprint density at radius 3 is 2.27 bits per heavy atom. The summed E-state index contributed by atoms with van der Waals surface area (Å²) in [5.41, 5.74) is 6.60. The summed E-state index contributed by atoms with van der Waals surface area (Å²) in [6, 6.07) is 9.45. The van der Waals surface area contributed by atoms with E-state index in [0.29, 0.717) is 0 Å². The van der Waals surface area contributed by atoms with Crippen molar-refractivity contribution in [2.24, 2.45) is 11.7 Å². The van der Waals surface area contributed by atoms with Gasteiger partial charge in [-0.2, -0.15) is 0 Å². The second kappa shape index (κ2) is 4.94. The largest absolute Gasteiger partial charge is 0.327 e. The molecule has 0 aromatic heterocycles. The van der Waals surface area contributed by atoms with Crippen molar-refractivity contribution in [3.05, 3.63) is 30.3 Å². The lowest BCUT2D eigenvalue weighted by Crippen LogP contribution is -2.39. The molecule has 82 valence electrons. The molecule has 2 unspecified atom stereocenters. The Labute approximate surface area is 90.9 Å². The summed E-state index contributed by atoms with van der Waals surface area (Å²) in [6.07, 6.45) is 0. The van der Waals surface area contributed by atoms with Crippen molar-refractivity contribution in [3.8, 4) is 0 Å². The van der Waals surface area contributed by atoms with Crippen molar-refractivity contribution in [2.75, 3.05) is 11.9 Å². The average molecular weight is 206 g/mol. The van der Waals surface area contributed by atoms with E-state index in [1.807, 2.05) is 44.2 Å². The quantitative estimate of drug-likeness (QED) is 0.817. The van der Waals surface area contributed by atoms with Crippen molar-refractivity contribution in [1.29, 1.82) is 0 Å². The summed E-state index contributed by atoms with van der Waals surface area (Å²) in [5.74, 6) is -0.105. The SMILES string of the molecule is CC(N)C(C)C(=O)N(C)c1ccccc1. The molecule has 0 radical (unpaired) electrons. The Hall–Kier alpha value is -1.35. The zero-order valence-corrected chi connectivity index (χ0v) is 9.47. The zero-order valence-electron chi connectivity index (χ0n) is 9.47. The Bertz CT molecular complexity index is 322. The van der Waals surface area contributed by atoms with Gasteiger partial charge in [0.05, 0.1) is 5.92 Å². The van der Waals surface area contributed by atoms with E-state index in [-0.39, 0.29) is 17.9 Å². The van der Waals surface area contributed by atoms with E-state index >= 15 is 0 Å². The standard InChI is InChI=1S/C12H18N2O/c1-9(10(2)13)12(15)14(3)11-7-5-4-6-8-11/h4-10H,13H2,1-3H3. The molecule has 1 aromatic carbocycles. The minimum Gasteiger partial charge on any atom is -0.327 e. The average Bonchev–Trinajstić information content (AvgIpc) is 2.27. The maximum absolute atomic E-state index is 11.9. The first kappa shape index (κ1) is 11.7. The van der Waals surface area contributed by atoms with Crippen molar-refractivity contribution in [3.63, 3.8) is 0 Å². The first-order valence-corrected chi connectivity index (χ1v) is 5.12. The Kier molecular flexibility index (Phi) is 3.86. The molecule has 0 fully saturated rings. The van der Waals surface area contributed by atoms with Gasteiger partial charge in [-0.1, -0.05) is 25.1 Å². The molecule has 0 aliphatic heterocycles. The molecule has 0 saturated carbocycles. The number of hydrogen-bond acceptors (Lipinski definition) is 2. The second-order valence-electron chi connectivity index (χ2n) is 3.88. The fourth-order valence-electron chi connectivity index (χ4n) is 1.31. The van der Waals surface area contributed by atoms with Gasteiger partial charge < -0.3 is 10.6 Å². The highest BCUT2D eigenvalue weighted by Gasteiger charge is 2.21. The lowest BCUT2D eigenvalue weighted by Gasteiger charge is -2.23. The van der Waals surface area contributed by atoms with Crippen molar-refractivity contribution in [2.45, 2.75) is 19.9 Å². The Balaban J connectivity index is 2.78. The fraction of sp³-hybridized carbons (Fsp3) is 0.417. The molecule has 2 atom stereocenters. The van der Waals surface area contributed by atoms with E-state index in [4.69, 9.17) is 5.73 Å². The fourth-order valence-corrected chi connectivity index (χ4v) is 1.31. The number of amides is 1. The second-order valence-corrected chi connectivity index (χ2v) is 3.88. The van der Waals surface area contributed by atoms with E-state index in [2.05, 4.69) is 0 Å². The van der Waals surface area contributed by atoms with Crippen molar-refractivity contribution < 1.29 is 4.79 Å². The van der Waals surface area contributed by atoms with Gasteiger partial charge in [0, 0.05) is 18.8 Å². The minimum absolute atomic E-state index is 0.0520. The number of hydrogen-bond donors (Lipinski definition) is 1. The van der Waals surface area contributed by atoms with Gasteiger partial charge >= 0.3 is 0 Å². The summed E-state index contributed by atoms with van der Waals surface area (Å²) in [6.45, 7) is 3.70. The predicted octanol–water partition coefficient (Wildman–Crippen LogP) is 1.63. The molecule has 2 N–H and O–H groups in total. The number of nitrogens with zero attached hydrogens (tertiary/aromatic N) is 1. The molecule has 15 heavy (non-hydrogen) atoms. The van der Waals surface area contributed by atoms with Crippen LogP contribution >= 0.6 is 0 Å². The Morgan fingerprint density at radius 2 is 1.80 bits per heavy atom. The van der Waals surface area contributed by atoms with E-state index < -0.39 is 0 Å². The monoisotopic (exact) mass is 206 g/mol. The lowest BCUT2D eigenvalue weighted by atomic mass is 10.0. The maximum Gasteiger partial charge on any atom is 0.231 e. The summed E-state index contributed by atoms with van der Waals surface area (Å²) < 4.78 is 0. The van der Waals surface area contributed by atoms with Crippen LogP contribution < -0.4 is 10.6 Å².